The molecular formula is C12H16W. The summed E-state index contributed by atoms with van der Waals surface area (Å²) in [4.78, 5) is 0. The van der Waals surface area contributed by atoms with E-state index in [4.69, 9.17) is 0 Å². The Morgan fingerprint density at radius 1 is 0.923 bits per heavy atom. The van der Waals surface area contributed by atoms with E-state index in [9.17, 15) is 0 Å². The Bertz CT molecular complexity index is 295. The Hall–Kier alpha value is -0.352. The van der Waals surface area contributed by atoms with Crippen LogP contribution in [-0.2, 0) is 16.1 Å². The van der Waals surface area contributed by atoms with Crippen molar-refractivity contribution in [2.45, 2.75) is 23.5 Å². The van der Waals surface area contributed by atoms with Crippen molar-refractivity contribution in [1.29, 1.82) is 0 Å². The van der Waals surface area contributed by atoms with Crippen molar-refractivity contribution in [2.24, 2.45) is 0 Å². The van der Waals surface area contributed by atoms with Crippen LogP contribution in [0.25, 0.3) is 0 Å². The van der Waals surface area contributed by atoms with Gasteiger partial charge < -0.3 is 0 Å². The number of hydrogen-bond donors (Lipinski definition) is 0. The molecule has 13 heavy (non-hydrogen) atoms. The first kappa shape index (κ1) is 9.21. The molecule has 0 N–H and O–H groups in total. The van der Waals surface area contributed by atoms with Crippen molar-refractivity contribution in [3.63, 3.8) is 0 Å². The molecule has 0 fully saturated rings. The first-order valence-corrected chi connectivity index (χ1v) is 13.5. The fourth-order valence-electron chi connectivity index (χ4n) is 1.78. The van der Waals surface area contributed by atoms with Gasteiger partial charge in [0.05, 0.1) is 0 Å². The van der Waals surface area contributed by atoms with Crippen molar-refractivity contribution in [1.82, 2.24) is 0 Å². The Morgan fingerprint density at radius 2 is 1.38 bits per heavy atom. The van der Waals surface area contributed by atoms with Crippen LogP contribution in [0.3, 0.4) is 0 Å². The second kappa shape index (κ2) is 3.42. The zero-order valence-electron chi connectivity index (χ0n) is 8.29. The average molecular weight is 344 g/mol. The van der Waals surface area contributed by atoms with E-state index in [-0.39, 0.29) is 0 Å². The summed E-state index contributed by atoms with van der Waals surface area (Å²) in [6.45, 7) is 0. The zero-order valence-corrected chi connectivity index (χ0v) is 11.2. The van der Waals surface area contributed by atoms with E-state index in [1.807, 2.05) is 0 Å². The molecule has 0 amide bonds. The van der Waals surface area contributed by atoms with Crippen LogP contribution in [0.1, 0.15) is 12.8 Å². The van der Waals surface area contributed by atoms with Gasteiger partial charge in [-0.1, -0.05) is 0 Å². The molecule has 0 saturated heterocycles. The fourth-order valence-corrected chi connectivity index (χ4v) is 9.68. The van der Waals surface area contributed by atoms with Gasteiger partial charge in [-0.2, -0.15) is 0 Å². The Labute approximate surface area is 83.9 Å². The van der Waals surface area contributed by atoms with Crippen LogP contribution in [0, 0.1) is 0 Å². The topological polar surface area (TPSA) is 0 Å². The summed E-state index contributed by atoms with van der Waals surface area (Å²) in [6.07, 6.45) is 16.2. The van der Waals surface area contributed by atoms with E-state index in [2.05, 4.69) is 47.1 Å². The van der Waals surface area contributed by atoms with Crippen molar-refractivity contribution in [3.05, 3.63) is 44.4 Å². The molecule has 0 atom stereocenters. The van der Waals surface area contributed by atoms with E-state index in [0.717, 1.165) is 0 Å². The summed E-state index contributed by atoms with van der Waals surface area (Å²) in [6, 6.07) is 0. The Balaban J connectivity index is 2.20. The maximum absolute atomic E-state index is 2.53. The van der Waals surface area contributed by atoms with Crippen LogP contribution < -0.4 is 0 Å². The molecule has 0 nitrogen and oxygen atoms in total. The molecule has 0 radical (unpaired) electrons. The van der Waals surface area contributed by atoms with E-state index < -0.39 is 16.1 Å². The van der Waals surface area contributed by atoms with Gasteiger partial charge in [-0.25, -0.2) is 0 Å². The third-order valence-corrected chi connectivity index (χ3v) is 14.4. The molecule has 0 aromatic carbocycles. The van der Waals surface area contributed by atoms with Gasteiger partial charge in [0.1, 0.15) is 0 Å². The third-order valence-electron chi connectivity index (χ3n) is 2.79. The van der Waals surface area contributed by atoms with Crippen LogP contribution >= 0.6 is 0 Å². The van der Waals surface area contributed by atoms with Gasteiger partial charge in [-0.15, -0.1) is 0 Å². The van der Waals surface area contributed by atoms with Gasteiger partial charge in [-0.05, 0) is 0 Å². The summed E-state index contributed by atoms with van der Waals surface area (Å²) in [7, 11) is 0. The van der Waals surface area contributed by atoms with Crippen LogP contribution in [0.4, 0.5) is 0 Å². The van der Waals surface area contributed by atoms with E-state index in [0.29, 0.717) is 0 Å². The summed E-state index contributed by atoms with van der Waals surface area (Å²) in [5, 5.41) is 5.06. The summed E-state index contributed by atoms with van der Waals surface area (Å²) in [5.41, 5.74) is 0. The van der Waals surface area contributed by atoms with Crippen molar-refractivity contribution < 1.29 is 16.1 Å². The number of allylic oxidation sites excluding steroid dienone is 8. The Morgan fingerprint density at radius 3 is 1.69 bits per heavy atom. The molecule has 0 aliphatic heterocycles. The molecule has 0 aromatic heterocycles. The first-order valence-electron chi connectivity index (χ1n) is 4.66. The molecule has 2 aliphatic rings. The van der Waals surface area contributed by atoms with E-state index >= 15 is 0 Å². The molecule has 0 unspecified atom stereocenters. The predicted molar refractivity (Wildman–Crippen MR) is 55.4 cm³/mol. The summed E-state index contributed by atoms with van der Waals surface area (Å²) < 4.78 is 3.50. The molecule has 2 rings (SSSR count). The van der Waals surface area contributed by atoms with Crippen molar-refractivity contribution in [2.75, 3.05) is 0 Å². The standard InChI is InChI=1S/2C5H5.2CH3.W/c2*1-2-4-5-3-1;;;/h2*1-3H,4H2;2*1H3;. The molecule has 0 heterocycles. The quantitative estimate of drug-likeness (QED) is 0.712. The maximum atomic E-state index is 2.53. The molecule has 0 aromatic rings. The number of hydrogen-bond acceptors (Lipinski definition) is 0. The molecule has 70 valence electrons. The first-order chi connectivity index (χ1) is 6.21. The SMILES string of the molecule is [CH3][W]([CH3])([C]1=CC=CC1)[C]1=CC=CC1. The molecule has 1 heteroatoms. The third kappa shape index (κ3) is 1.65. The fraction of sp³-hybridized carbons (Fsp3) is 0.333. The summed E-state index contributed by atoms with van der Waals surface area (Å²) >= 11 is -1.99. The number of rotatable bonds is 2. The van der Waals surface area contributed by atoms with Gasteiger partial charge in [0.15, 0.2) is 0 Å². The molecule has 0 saturated carbocycles. The average Bonchev–Trinajstić information content (AvgIpc) is 2.78. The molecular weight excluding hydrogens is 328 g/mol. The molecule has 2 aliphatic carbocycles. The van der Waals surface area contributed by atoms with Crippen LogP contribution in [0.2, 0.25) is 10.6 Å². The van der Waals surface area contributed by atoms with Crippen LogP contribution in [0.15, 0.2) is 44.4 Å². The van der Waals surface area contributed by atoms with Gasteiger partial charge in [0.2, 0.25) is 0 Å². The second-order valence-corrected chi connectivity index (χ2v) is 17.2. The molecule has 0 bridgehead atoms. The van der Waals surface area contributed by atoms with Gasteiger partial charge in [-0.3, -0.25) is 0 Å². The normalized spacial score (nSPS) is 22.0. The van der Waals surface area contributed by atoms with Gasteiger partial charge in [0, 0.05) is 0 Å². The minimum atomic E-state index is -1.99. The van der Waals surface area contributed by atoms with Gasteiger partial charge >= 0.3 is 83.9 Å². The minimum absolute atomic E-state index is 1.22. The Kier molecular flexibility index (Phi) is 2.42. The second-order valence-electron chi connectivity index (χ2n) is 3.86. The van der Waals surface area contributed by atoms with Crippen molar-refractivity contribution in [3.8, 4) is 0 Å². The van der Waals surface area contributed by atoms with E-state index in [1.54, 1.807) is 7.93 Å². The van der Waals surface area contributed by atoms with Crippen LogP contribution in [-0.4, -0.2) is 0 Å². The summed E-state index contributed by atoms with van der Waals surface area (Å²) in [5.74, 6) is 0. The van der Waals surface area contributed by atoms with E-state index in [1.165, 1.54) is 12.8 Å². The monoisotopic (exact) mass is 344 g/mol. The van der Waals surface area contributed by atoms with Crippen molar-refractivity contribution >= 4 is 0 Å². The molecule has 0 spiro atoms. The zero-order chi connectivity index (χ0) is 9.31. The van der Waals surface area contributed by atoms with Crippen LogP contribution in [0.5, 0.6) is 0 Å². The predicted octanol–water partition coefficient (Wildman–Crippen LogP) is 3.92. The van der Waals surface area contributed by atoms with Gasteiger partial charge in [0.25, 0.3) is 0 Å².